The number of rotatable bonds is 10. The van der Waals surface area contributed by atoms with Crippen molar-refractivity contribution in [3.63, 3.8) is 0 Å². The second-order valence-corrected chi connectivity index (χ2v) is 14.6. The van der Waals surface area contributed by atoms with Gasteiger partial charge in [0, 0.05) is 23.0 Å². The number of aryl methyl sites for hydroxylation is 1. The van der Waals surface area contributed by atoms with Crippen molar-refractivity contribution in [2.75, 3.05) is 11.1 Å². The fraction of sp³-hybridized carbons (Fsp3) is 0.312. The molecule has 1 aliphatic heterocycles. The lowest BCUT2D eigenvalue weighted by atomic mass is 9.85. The maximum atomic E-state index is 12.9. The van der Waals surface area contributed by atoms with Crippen LogP contribution in [0.15, 0.2) is 83.8 Å². The number of hydrogen-bond acceptors (Lipinski definition) is 6. The molecule has 41 heavy (non-hydrogen) atoms. The van der Waals surface area contributed by atoms with E-state index >= 15 is 0 Å². The number of anilines is 1. The van der Waals surface area contributed by atoms with Gasteiger partial charge in [0.15, 0.2) is 15.0 Å². The van der Waals surface area contributed by atoms with Gasteiger partial charge in [-0.05, 0) is 60.2 Å². The predicted octanol–water partition coefficient (Wildman–Crippen LogP) is 6.88. The van der Waals surface area contributed by atoms with Crippen LogP contribution >= 0.6 is 22.9 Å². The lowest BCUT2D eigenvalue weighted by molar-refractivity contribution is -0.115. The van der Waals surface area contributed by atoms with Gasteiger partial charge in [-0.2, -0.15) is 0 Å². The first-order chi connectivity index (χ1) is 19.5. The van der Waals surface area contributed by atoms with Crippen molar-refractivity contribution in [1.82, 2.24) is 9.88 Å². The van der Waals surface area contributed by atoms with E-state index in [-0.39, 0.29) is 28.5 Å². The van der Waals surface area contributed by atoms with E-state index in [1.807, 2.05) is 42.5 Å². The van der Waals surface area contributed by atoms with Gasteiger partial charge in [-0.3, -0.25) is 9.69 Å². The summed E-state index contributed by atoms with van der Waals surface area (Å²) in [4.78, 5) is 21.7. The first-order valence-corrected chi connectivity index (χ1v) is 16.5. The van der Waals surface area contributed by atoms with Gasteiger partial charge >= 0.3 is 0 Å². The summed E-state index contributed by atoms with van der Waals surface area (Å²) in [5.41, 5.74) is 3.68. The largest absolute Gasteiger partial charge is 0.302 e. The van der Waals surface area contributed by atoms with Crippen LogP contribution in [0.3, 0.4) is 0 Å². The van der Waals surface area contributed by atoms with Crippen molar-refractivity contribution >= 4 is 43.8 Å². The van der Waals surface area contributed by atoms with Crippen molar-refractivity contribution in [1.29, 1.82) is 0 Å². The number of halogens is 1. The number of benzene rings is 3. The molecule has 0 spiro atoms. The number of thiazole rings is 1. The van der Waals surface area contributed by atoms with E-state index in [2.05, 4.69) is 43.1 Å². The summed E-state index contributed by atoms with van der Waals surface area (Å²) in [6.45, 7) is 8.18. The third-order valence-corrected chi connectivity index (χ3v) is 10.9. The predicted molar refractivity (Wildman–Crippen MR) is 166 cm³/mol. The lowest BCUT2D eigenvalue weighted by Crippen LogP contribution is -2.42. The van der Waals surface area contributed by atoms with Crippen LogP contribution in [0.1, 0.15) is 48.0 Å². The number of sulfone groups is 1. The Hall–Kier alpha value is -3.04. The molecule has 1 aliphatic rings. The fourth-order valence-electron chi connectivity index (χ4n) is 5.24. The molecular formula is C32H34ClN3O3S2. The lowest BCUT2D eigenvalue weighted by Gasteiger charge is -2.38. The highest BCUT2D eigenvalue weighted by atomic mass is 35.5. The highest BCUT2D eigenvalue weighted by molar-refractivity contribution is 7.91. The third-order valence-electron chi connectivity index (χ3n) is 7.97. The molecule has 3 aromatic carbocycles. The molecule has 9 heteroatoms. The summed E-state index contributed by atoms with van der Waals surface area (Å²) in [7, 11) is -3.41. The Morgan fingerprint density at radius 3 is 2.32 bits per heavy atom. The van der Waals surface area contributed by atoms with Crippen LogP contribution in [0.25, 0.3) is 0 Å². The second kappa shape index (κ2) is 12.1. The van der Waals surface area contributed by atoms with Crippen LogP contribution in [0.5, 0.6) is 0 Å². The Bertz CT molecular complexity index is 1620. The number of carbonyl (C=O) groups excluding carboxylic acids is 1. The van der Waals surface area contributed by atoms with Gasteiger partial charge in [0.2, 0.25) is 5.91 Å². The summed E-state index contributed by atoms with van der Waals surface area (Å²) in [5.74, 6) is 0.170. The van der Waals surface area contributed by atoms with Gasteiger partial charge < -0.3 is 5.32 Å². The summed E-state index contributed by atoms with van der Waals surface area (Å²) >= 11 is 7.60. The summed E-state index contributed by atoms with van der Waals surface area (Å²) in [5, 5.41) is 4.29. The molecule has 1 atom stereocenters. The number of fused-ring (bicyclic) bond motifs is 1. The zero-order chi connectivity index (χ0) is 29.2. The van der Waals surface area contributed by atoms with Crippen molar-refractivity contribution in [3.8, 4) is 0 Å². The molecule has 6 nitrogen and oxygen atoms in total. The molecule has 4 aromatic rings. The minimum atomic E-state index is -3.41. The Balaban J connectivity index is 1.21. The number of nitrogens with one attached hydrogen (secondary N) is 1. The quantitative estimate of drug-likeness (QED) is 0.213. The molecular weight excluding hydrogens is 574 g/mol. The Morgan fingerprint density at radius 2 is 1.66 bits per heavy atom. The van der Waals surface area contributed by atoms with Crippen molar-refractivity contribution in [2.45, 2.75) is 57.1 Å². The first kappa shape index (κ1) is 29.5. The summed E-state index contributed by atoms with van der Waals surface area (Å²) in [6.07, 6.45) is 0.596. The number of nitrogens with zero attached hydrogens (tertiary/aromatic N) is 2. The topological polar surface area (TPSA) is 79.4 Å². The standard InChI is InChI=1S/C32H34ClN3O3S2/c1-22(2)32(3)30-28(21-36(32)20-25-9-13-26(33)14-10-25)40-31(35-30)34-29(37)19-24-11-15-27(16-12-24)41(38,39)18-17-23-7-5-4-6-8-23/h4-16,22H,17-21H2,1-3H3,(H,34,35,37)/t32-/m0/s1. The normalized spacial score (nSPS) is 17.1. The van der Waals surface area contributed by atoms with Gasteiger partial charge in [-0.1, -0.05) is 91.4 Å². The molecule has 0 fully saturated rings. The Labute approximate surface area is 251 Å². The molecule has 0 saturated carbocycles. The molecule has 0 unspecified atom stereocenters. The minimum Gasteiger partial charge on any atom is -0.302 e. The molecule has 1 N–H and O–H groups in total. The summed E-state index contributed by atoms with van der Waals surface area (Å²) < 4.78 is 25.6. The van der Waals surface area contributed by atoms with Gasteiger partial charge in [0.05, 0.1) is 28.3 Å². The smallest absolute Gasteiger partial charge is 0.230 e. The van der Waals surface area contributed by atoms with Crippen LogP contribution in [-0.4, -0.2) is 30.0 Å². The molecule has 1 amide bonds. The highest BCUT2D eigenvalue weighted by Gasteiger charge is 2.46. The van der Waals surface area contributed by atoms with Crippen molar-refractivity contribution in [2.24, 2.45) is 5.92 Å². The zero-order valence-electron chi connectivity index (χ0n) is 23.4. The van der Waals surface area contributed by atoms with Gasteiger partial charge in [0.1, 0.15) is 0 Å². The Kier molecular flexibility index (Phi) is 8.66. The maximum Gasteiger partial charge on any atom is 0.230 e. The van der Waals surface area contributed by atoms with E-state index in [4.69, 9.17) is 16.6 Å². The fourth-order valence-corrected chi connectivity index (χ4v) is 7.76. The third kappa shape index (κ3) is 6.56. The molecule has 0 aliphatic carbocycles. The molecule has 214 valence electrons. The molecule has 1 aromatic heterocycles. The first-order valence-electron chi connectivity index (χ1n) is 13.7. The molecule has 5 rings (SSSR count). The van der Waals surface area contributed by atoms with Crippen molar-refractivity contribution < 1.29 is 13.2 Å². The van der Waals surface area contributed by atoms with E-state index in [0.717, 1.165) is 39.8 Å². The van der Waals surface area contributed by atoms with Gasteiger partial charge in [-0.15, -0.1) is 0 Å². The molecule has 0 radical (unpaired) electrons. The van der Waals surface area contributed by atoms with E-state index in [1.54, 1.807) is 24.3 Å². The average Bonchev–Trinajstić information content (AvgIpc) is 3.46. The number of carbonyl (C=O) groups is 1. The van der Waals surface area contributed by atoms with Crippen LogP contribution < -0.4 is 5.32 Å². The Morgan fingerprint density at radius 1 is 1.00 bits per heavy atom. The van der Waals surface area contributed by atoms with Crippen molar-refractivity contribution in [3.05, 3.63) is 111 Å². The molecule has 0 saturated heterocycles. The van der Waals surface area contributed by atoms with E-state index in [1.165, 1.54) is 16.9 Å². The van der Waals surface area contributed by atoms with Crippen LogP contribution in [0.4, 0.5) is 5.13 Å². The van der Waals surface area contributed by atoms with E-state index in [9.17, 15) is 13.2 Å². The number of amides is 1. The van der Waals surface area contributed by atoms with E-state index < -0.39 is 9.84 Å². The average molecular weight is 608 g/mol. The molecule has 2 heterocycles. The zero-order valence-corrected chi connectivity index (χ0v) is 25.8. The van der Waals surface area contributed by atoms with Crippen LogP contribution in [0, 0.1) is 5.92 Å². The monoisotopic (exact) mass is 607 g/mol. The summed E-state index contributed by atoms with van der Waals surface area (Å²) in [6, 6.07) is 24.1. The second-order valence-electron chi connectivity index (χ2n) is 11.0. The number of hydrogen-bond donors (Lipinski definition) is 1. The van der Waals surface area contributed by atoms with Gasteiger partial charge in [-0.25, -0.2) is 13.4 Å². The number of aromatic nitrogens is 1. The van der Waals surface area contributed by atoms with Crippen LogP contribution in [0.2, 0.25) is 5.02 Å². The van der Waals surface area contributed by atoms with E-state index in [0.29, 0.717) is 17.5 Å². The SMILES string of the molecule is CC(C)[C@@]1(C)c2nc(NC(=O)Cc3ccc(S(=O)(=O)CCc4ccccc4)cc3)sc2CN1Cc1ccc(Cl)cc1. The maximum absolute atomic E-state index is 12.9. The minimum absolute atomic E-state index is 0.0397. The van der Waals surface area contributed by atoms with Gasteiger partial charge in [0.25, 0.3) is 0 Å². The molecule has 0 bridgehead atoms. The van der Waals surface area contributed by atoms with Crippen LogP contribution in [-0.2, 0) is 46.1 Å². The highest BCUT2D eigenvalue weighted by Crippen LogP contribution is 2.47.